The third-order valence-electron chi connectivity index (χ3n) is 1.46. The molecule has 1 aromatic rings. The molecule has 0 saturated carbocycles. The van der Waals surface area contributed by atoms with Crippen molar-refractivity contribution < 1.29 is 9.21 Å². The Morgan fingerprint density at radius 2 is 2.38 bits per heavy atom. The standard InChI is InChI=1S/C8H11ClN2O2/c9-7-3-2-6(13-7)8(12)11-5-1-4-10/h2-3H,1,4-5,10H2,(H,11,12). The summed E-state index contributed by atoms with van der Waals surface area (Å²) < 4.78 is 4.90. The van der Waals surface area contributed by atoms with Gasteiger partial charge in [-0.1, -0.05) is 0 Å². The first-order chi connectivity index (χ1) is 6.24. The van der Waals surface area contributed by atoms with Gasteiger partial charge in [-0.15, -0.1) is 0 Å². The minimum Gasteiger partial charge on any atom is -0.440 e. The molecule has 0 aromatic carbocycles. The van der Waals surface area contributed by atoms with E-state index in [1.807, 2.05) is 0 Å². The Bertz CT molecular complexity index is 285. The summed E-state index contributed by atoms with van der Waals surface area (Å²) in [5, 5.41) is 2.85. The second-order valence-electron chi connectivity index (χ2n) is 2.50. The van der Waals surface area contributed by atoms with E-state index in [1.54, 1.807) is 0 Å². The summed E-state index contributed by atoms with van der Waals surface area (Å²) in [4.78, 5) is 11.2. The second kappa shape index (κ2) is 4.89. The van der Waals surface area contributed by atoms with Crippen LogP contribution in [0.5, 0.6) is 0 Å². The van der Waals surface area contributed by atoms with Gasteiger partial charge in [0.05, 0.1) is 0 Å². The average molecular weight is 203 g/mol. The molecule has 0 unspecified atom stereocenters. The lowest BCUT2D eigenvalue weighted by atomic mass is 10.4. The van der Waals surface area contributed by atoms with E-state index in [0.29, 0.717) is 13.1 Å². The number of furan rings is 1. The van der Waals surface area contributed by atoms with Crippen molar-refractivity contribution in [1.82, 2.24) is 5.32 Å². The number of carbonyl (C=O) groups is 1. The van der Waals surface area contributed by atoms with E-state index in [2.05, 4.69) is 5.32 Å². The number of carbonyl (C=O) groups excluding carboxylic acids is 1. The Kier molecular flexibility index (Phi) is 3.79. The van der Waals surface area contributed by atoms with Crippen molar-refractivity contribution in [3.63, 3.8) is 0 Å². The maximum Gasteiger partial charge on any atom is 0.287 e. The maximum absolute atomic E-state index is 11.2. The van der Waals surface area contributed by atoms with Crippen molar-refractivity contribution >= 4 is 17.5 Å². The monoisotopic (exact) mass is 202 g/mol. The molecule has 0 bridgehead atoms. The lowest BCUT2D eigenvalue weighted by molar-refractivity contribution is 0.0926. The molecule has 72 valence electrons. The summed E-state index contributed by atoms with van der Waals surface area (Å²) in [6.45, 7) is 1.10. The summed E-state index contributed by atoms with van der Waals surface area (Å²) in [6.07, 6.45) is 0.750. The Labute approximate surface area is 81.0 Å². The van der Waals surface area contributed by atoms with Crippen LogP contribution in [0.25, 0.3) is 0 Å². The van der Waals surface area contributed by atoms with E-state index < -0.39 is 0 Å². The summed E-state index contributed by atoms with van der Waals surface area (Å²) in [7, 11) is 0. The highest BCUT2D eigenvalue weighted by molar-refractivity contribution is 6.29. The quantitative estimate of drug-likeness (QED) is 0.717. The first-order valence-corrected chi connectivity index (χ1v) is 4.35. The number of nitrogens with one attached hydrogen (secondary N) is 1. The normalized spacial score (nSPS) is 10.0. The van der Waals surface area contributed by atoms with Crippen LogP contribution in [0.3, 0.4) is 0 Å². The smallest absolute Gasteiger partial charge is 0.287 e. The molecule has 0 spiro atoms. The fourth-order valence-corrected chi connectivity index (χ4v) is 0.974. The van der Waals surface area contributed by atoms with Crippen molar-refractivity contribution in [1.29, 1.82) is 0 Å². The van der Waals surface area contributed by atoms with Crippen molar-refractivity contribution in [2.75, 3.05) is 13.1 Å². The number of amides is 1. The summed E-state index contributed by atoms with van der Waals surface area (Å²) in [5.74, 6) is -0.0395. The van der Waals surface area contributed by atoms with Gasteiger partial charge in [0.25, 0.3) is 5.91 Å². The molecule has 0 fully saturated rings. The SMILES string of the molecule is NCCCNC(=O)c1ccc(Cl)o1. The lowest BCUT2D eigenvalue weighted by Crippen LogP contribution is -2.25. The molecule has 0 aliphatic carbocycles. The van der Waals surface area contributed by atoms with Crippen LogP contribution in [-0.4, -0.2) is 19.0 Å². The van der Waals surface area contributed by atoms with Gasteiger partial charge in [0.1, 0.15) is 0 Å². The summed E-state index contributed by atoms with van der Waals surface area (Å²) in [5.41, 5.74) is 5.26. The third kappa shape index (κ3) is 3.08. The predicted octanol–water partition coefficient (Wildman–Crippen LogP) is 1.01. The van der Waals surface area contributed by atoms with Crippen molar-refractivity contribution in [3.8, 4) is 0 Å². The van der Waals surface area contributed by atoms with Crippen LogP contribution in [0.2, 0.25) is 5.22 Å². The van der Waals surface area contributed by atoms with E-state index >= 15 is 0 Å². The highest BCUT2D eigenvalue weighted by atomic mass is 35.5. The fraction of sp³-hybridized carbons (Fsp3) is 0.375. The van der Waals surface area contributed by atoms with Crippen molar-refractivity contribution in [2.24, 2.45) is 5.73 Å². The molecule has 3 N–H and O–H groups in total. The van der Waals surface area contributed by atoms with E-state index in [9.17, 15) is 4.79 Å². The molecule has 1 amide bonds. The topological polar surface area (TPSA) is 68.3 Å². The van der Waals surface area contributed by atoms with Crippen LogP contribution in [0.15, 0.2) is 16.5 Å². The molecule has 0 atom stereocenters. The third-order valence-corrected chi connectivity index (χ3v) is 1.67. The highest BCUT2D eigenvalue weighted by Crippen LogP contribution is 2.12. The van der Waals surface area contributed by atoms with Gasteiger partial charge in [-0.05, 0) is 36.7 Å². The molecule has 1 rings (SSSR count). The maximum atomic E-state index is 11.2. The zero-order valence-electron chi connectivity index (χ0n) is 7.05. The van der Waals surface area contributed by atoms with Gasteiger partial charge in [-0.2, -0.15) is 0 Å². The van der Waals surface area contributed by atoms with E-state index in [4.69, 9.17) is 21.8 Å². The van der Waals surface area contributed by atoms with Gasteiger partial charge in [-0.3, -0.25) is 4.79 Å². The molecule has 1 aromatic heterocycles. The van der Waals surface area contributed by atoms with Crippen molar-refractivity contribution in [3.05, 3.63) is 23.1 Å². The number of nitrogens with two attached hydrogens (primary N) is 1. The Morgan fingerprint density at radius 3 is 2.92 bits per heavy atom. The largest absolute Gasteiger partial charge is 0.440 e. The van der Waals surface area contributed by atoms with Gasteiger partial charge < -0.3 is 15.5 Å². The van der Waals surface area contributed by atoms with Crippen molar-refractivity contribution in [2.45, 2.75) is 6.42 Å². The highest BCUT2D eigenvalue weighted by Gasteiger charge is 2.08. The van der Waals surface area contributed by atoms with E-state index in [-0.39, 0.29) is 16.9 Å². The van der Waals surface area contributed by atoms with Gasteiger partial charge in [-0.25, -0.2) is 0 Å². The first kappa shape index (κ1) is 10.1. The predicted molar refractivity (Wildman–Crippen MR) is 49.7 cm³/mol. The minimum atomic E-state index is -0.264. The molecule has 5 heteroatoms. The number of rotatable bonds is 4. The van der Waals surface area contributed by atoms with E-state index in [1.165, 1.54) is 12.1 Å². The molecule has 0 aliphatic heterocycles. The van der Waals surface area contributed by atoms with Gasteiger partial charge in [0.2, 0.25) is 0 Å². The Hall–Kier alpha value is -1.00. The van der Waals surface area contributed by atoms with Crippen LogP contribution >= 0.6 is 11.6 Å². The lowest BCUT2D eigenvalue weighted by Gasteiger charge is -2.00. The van der Waals surface area contributed by atoms with Gasteiger partial charge in [0, 0.05) is 6.54 Å². The number of hydrogen-bond acceptors (Lipinski definition) is 3. The summed E-state index contributed by atoms with van der Waals surface area (Å²) >= 11 is 5.50. The molecular formula is C8H11ClN2O2. The average Bonchev–Trinajstić information content (AvgIpc) is 2.52. The minimum absolute atomic E-state index is 0.212. The molecule has 0 aliphatic rings. The molecule has 13 heavy (non-hydrogen) atoms. The molecule has 0 saturated heterocycles. The van der Waals surface area contributed by atoms with Gasteiger partial charge in [0.15, 0.2) is 11.0 Å². The second-order valence-corrected chi connectivity index (χ2v) is 2.87. The summed E-state index contributed by atoms with van der Waals surface area (Å²) in [6, 6.07) is 3.06. The van der Waals surface area contributed by atoms with Crippen LogP contribution in [0, 0.1) is 0 Å². The van der Waals surface area contributed by atoms with E-state index in [0.717, 1.165) is 6.42 Å². The zero-order valence-corrected chi connectivity index (χ0v) is 7.80. The molecular weight excluding hydrogens is 192 g/mol. The first-order valence-electron chi connectivity index (χ1n) is 3.97. The van der Waals surface area contributed by atoms with Crippen LogP contribution in [-0.2, 0) is 0 Å². The fourth-order valence-electron chi connectivity index (χ4n) is 0.827. The van der Waals surface area contributed by atoms with Crippen LogP contribution in [0.1, 0.15) is 17.0 Å². The Balaban J connectivity index is 2.40. The molecule has 1 heterocycles. The number of halogens is 1. The Morgan fingerprint density at radius 1 is 1.62 bits per heavy atom. The zero-order chi connectivity index (χ0) is 9.68. The molecule has 0 radical (unpaired) electrons. The van der Waals surface area contributed by atoms with Crippen LogP contribution < -0.4 is 11.1 Å². The number of hydrogen-bond donors (Lipinski definition) is 2. The van der Waals surface area contributed by atoms with Gasteiger partial charge >= 0.3 is 0 Å². The van der Waals surface area contributed by atoms with Crippen LogP contribution in [0.4, 0.5) is 0 Å². The molecule has 4 nitrogen and oxygen atoms in total.